The van der Waals surface area contributed by atoms with Gasteiger partial charge in [-0.3, -0.25) is 10.1 Å². The molecule has 0 bridgehead atoms. The molecule has 0 radical (unpaired) electrons. The van der Waals surface area contributed by atoms with Gasteiger partial charge in [-0.1, -0.05) is 12.1 Å². The largest absolute Gasteiger partial charge is 0.380 e. The first-order valence-corrected chi connectivity index (χ1v) is 8.08. The van der Waals surface area contributed by atoms with Crippen LogP contribution in [0.2, 0.25) is 0 Å². The lowest BCUT2D eigenvalue weighted by Crippen LogP contribution is -1.98. The highest BCUT2D eigenvalue weighted by molar-refractivity contribution is 7.14. The zero-order chi connectivity index (χ0) is 14.7. The Morgan fingerprint density at radius 1 is 1.14 bits per heavy atom. The summed E-state index contributed by atoms with van der Waals surface area (Å²) in [5.74, 6) is 0. The lowest BCUT2D eigenvalue weighted by Gasteiger charge is -2.04. The highest BCUT2D eigenvalue weighted by atomic mass is 32.1. The van der Waals surface area contributed by atoms with E-state index in [4.69, 9.17) is 0 Å². The molecule has 6 heteroatoms. The number of rotatable bonds is 5. The molecular weight excluding hydrogens is 304 g/mol. The molecule has 1 aromatic carbocycles. The number of hydrogen-bond donors (Lipinski definition) is 1. The van der Waals surface area contributed by atoms with Crippen LogP contribution in [0.3, 0.4) is 0 Å². The Kier molecular flexibility index (Phi) is 3.98. The monoisotopic (exact) mass is 316 g/mol. The summed E-state index contributed by atoms with van der Waals surface area (Å²) in [6, 6.07) is 12.9. The summed E-state index contributed by atoms with van der Waals surface area (Å²) < 4.78 is 0. The highest BCUT2D eigenvalue weighted by Gasteiger charge is 2.06. The van der Waals surface area contributed by atoms with Gasteiger partial charge in [0.1, 0.15) is 0 Å². The molecule has 0 spiro atoms. The fraction of sp³-hybridized carbons (Fsp3) is 0.0667. The summed E-state index contributed by atoms with van der Waals surface area (Å²) in [7, 11) is 0. The summed E-state index contributed by atoms with van der Waals surface area (Å²) in [5, 5.41) is 18.2. The molecule has 0 saturated heterocycles. The van der Waals surface area contributed by atoms with Gasteiger partial charge >= 0.3 is 0 Å². The normalized spacial score (nSPS) is 10.5. The second-order valence-electron chi connectivity index (χ2n) is 4.44. The molecule has 0 aliphatic heterocycles. The SMILES string of the molecule is O=[N+]([O-])c1cccc(NCc2cc(-c3cccs3)cs2)c1. The van der Waals surface area contributed by atoms with Crippen LogP contribution in [0.15, 0.2) is 53.2 Å². The van der Waals surface area contributed by atoms with Crippen molar-refractivity contribution < 1.29 is 4.92 Å². The van der Waals surface area contributed by atoms with Crippen LogP contribution < -0.4 is 5.32 Å². The van der Waals surface area contributed by atoms with Gasteiger partial charge < -0.3 is 5.32 Å². The van der Waals surface area contributed by atoms with Gasteiger partial charge in [0.2, 0.25) is 0 Å². The smallest absolute Gasteiger partial charge is 0.271 e. The summed E-state index contributed by atoms with van der Waals surface area (Å²) >= 11 is 3.41. The molecule has 21 heavy (non-hydrogen) atoms. The van der Waals surface area contributed by atoms with E-state index < -0.39 is 0 Å². The van der Waals surface area contributed by atoms with Crippen molar-refractivity contribution in [3.63, 3.8) is 0 Å². The number of nitro groups is 1. The molecule has 4 nitrogen and oxygen atoms in total. The minimum absolute atomic E-state index is 0.102. The second kappa shape index (κ2) is 6.07. The van der Waals surface area contributed by atoms with Crippen molar-refractivity contribution in [1.29, 1.82) is 0 Å². The number of thiophene rings is 2. The number of nitro benzene ring substituents is 1. The predicted molar refractivity (Wildman–Crippen MR) is 88.1 cm³/mol. The van der Waals surface area contributed by atoms with Crippen molar-refractivity contribution in [2.24, 2.45) is 0 Å². The predicted octanol–water partition coefficient (Wildman–Crippen LogP) is 5.00. The van der Waals surface area contributed by atoms with Gasteiger partial charge in [-0.2, -0.15) is 0 Å². The van der Waals surface area contributed by atoms with Crippen molar-refractivity contribution in [2.45, 2.75) is 6.54 Å². The third-order valence-corrected chi connectivity index (χ3v) is 4.84. The van der Waals surface area contributed by atoms with Crippen molar-refractivity contribution in [3.05, 3.63) is 68.2 Å². The van der Waals surface area contributed by atoms with E-state index >= 15 is 0 Å². The maximum Gasteiger partial charge on any atom is 0.271 e. The zero-order valence-electron chi connectivity index (χ0n) is 11.0. The van der Waals surface area contributed by atoms with Crippen LogP contribution in [0.5, 0.6) is 0 Å². The fourth-order valence-electron chi connectivity index (χ4n) is 1.96. The van der Waals surface area contributed by atoms with Gasteiger partial charge in [0.25, 0.3) is 5.69 Å². The molecular formula is C15H12N2O2S2. The first-order chi connectivity index (χ1) is 10.2. The second-order valence-corrected chi connectivity index (χ2v) is 6.38. The molecule has 0 unspecified atom stereocenters. The Morgan fingerprint density at radius 2 is 2.05 bits per heavy atom. The van der Waals surface area contributed by atoms with Crippen LogP contribution in [0.4, 0.5) is 11.4 Å². The number of hydrogen-bond acceptors (Lipinski definition) is 5. The first kappa shape index (κ1) is 13.8. The van der Waals surface area contributed by atoms with Crippen LogP contribution >= 0.6 is 22.7 Å². The van der Waals surface area contributed by atoms with Crippen molar-refractivity contribution in [3.8, 4) is 10.4 Å². The Bertz CT molecular complexity index is 751. The molecule has 0 fully saturated rings. The molecule has 0 aliphatic carbocycles. The minimum atomic E-state index is -0.384. The van der Waals surface area contributed by atoms with Gasteiger partial charge in [0.05, 0.1) is 4.92 Å². The van der Waals surface area contributed by atoms with E-state index in [9.17, 15) is 10.1 Å². The third-order valence-electron chi connectivity index (χ3n) is 2.98. The van der Waals surface area contributed by atoms with Gasteiger partial charge in [-0.05, 0) is 29.0 Å². The molecule has 0 saturated carbocycles. The number of anilines is 1. The minimum Gasteiger partial charge on any atom is -0.380 e. The van der Waals surface area contributed by atoms with Crippen molar-refractivity contribution in [1.82, 2.24) is 0 Å². The lowest BCUT2D eigenvalue weighted by atomic mass is 10.2. The number of non-ortho nitro benzene ring substituents is 1. The van der Waals surface area contributed by atoms with Crippen LogP contribution in [0.1, 0.15) is 4.88 Å². The quantitative estimate of drug-likeness (QED) is 0.532. The van der Waals surface area contributed by atoms with Gasteiger partial charge in [0, 0.05) is 39.7 Å². The van der Waals surface area contributed by atoms with E-state index in [1.807, 2.05) is 12.1 Å². The molecule has 3 aromatic rings. The fourth-order valence-corrected chi connectivity index (χ4v) is 3.58. The Balaban J connectivity index is 1.68. The number of benzene rings is 1. The van der Waals surface area contributed by atoms with Crippen molar-refractivity contribution >= 4 is 34.0 Å². The van der Waals surface area contributed by atoms with Crippen LogP contribution in [-0.2, 0) is 6.54 Å². The molecule has 106 valence electrons. The van der Waals surface area contributed by atoms with E-state index in [2.05, 4.69) is 28.2 Å². The third kappa shape index (κ3) is 3.29. The van der Waals surface area contributed by atoms with Crippen LogP contribution in [-0.4, -0.2) is 4.92 Å². The molecule has 0 atom stereocenters. The van der Waals surface area contributed by atoms with E-state index in [0.29, 0.717) is 6.54 Å². The Hall–Kier alpha value is -2.18. The molecule has 0 aliphatic rings. The Labute approximate surface area is 129 Å². The molecule has 0 amide bonds. The average Bonchev–Trinajstić information content (AvgIpc) is 3.16. The van der Waals surface area contributed by atoms with Gasteiger partial charge in [-0.25, -0.2) is 0 Å². The van der Waals surface area contributed by atoms with Crippen LogP contribution in [0, 0.1) is 10.1 Å². The highest BCUT2D eigenvalue weighted by Crippen LogP contribution is 2.29. The maximum atomic E-state index is 10.7. The first-order valence-electron chi connectivity index (χ1n) is 6.32. The molecule has 2 heterocycles. The molecule has 2 aromatic heterocycles. The van der Waals surface area contributed by atoms with E-state index in [-0.39, 0.29) is 10.6 Å². The van der Waals surface area contributed by atoms with Crippen molar-refractivity contribution in [2.75, 3.05) is 5.32 Å². The van der Waals surface area contributed by atoms with E-state index in [0.717, 1.165) is 5.69 Å². The maximum absolute atomic E-state index is 10.7. The summed E-state index contributed by atoms with van der Waals surface area (Å²) in [4.78, 5) is 12.8. The number of nitrogens with zero attached hydrogens (tertiary/aromatic N) is 1. The number of nitrogens with one attached hydrogen (secondary N) is 1. The van der Waals surface area contributed by atoms with E-state index in [1.54, 1.807) is 34.8 Å². The Morgan fingerprint density at radius 3 is 2.81 bits per heavy atom. The lowest BCUT2D eigenvalue weighted by molar-refractivity contribution is -0.384. The average molecular weight is 316 g/mol. The van der Waals surface area contributed by atoms with E-state index in [1.165, 1.54) is 21.4 Å². The molecule has 1 N–H and O–H groups in total. The van der Waals surface area contributed by atoms with Gasteiger partial charge in [-0.15, -0.1) is 22.7 Å². The summed E-state index contributed by atoms with van der Waals surface area (Å²) in [5.41, 5.74) is 2.09. The summed E-state index contributed by atoms with van der Waals surface area (Å²) in [6.07, 6.45) is 0. The zero-order valence-corrected chi connectivity index (χ0v) is 12.6. The van der Waals surface area contributed by atoms with Crippen LogP contribution in [0.25, 0.3) is 10.4 Å². The summed E-state index contributed by atoms with van der Waals surface area (Å²) in [6.45, 7) is 0.664. The topological polar surface area (TPSA) is 55.2 Å². The van der Waals surface area contributed by atoms with Gasteiger partial charge in [0.15, 0.2) is 0 Å². The molecule has 3 rings (SSSR count). The standard InChI is InChI=1S/C15H12N2O2S2/c18-17(19)13-4-1-3-12(8-13)16-9-14-7-11(10-21-14)15-5-2-6-20-15/h1-8,10,16H,9H2.